The summed E-state index contributed by atoms with van der Waals surface area (Å²) in [7, 11) is 0. The number of fused-ring (bicyclic) bond motifs is 2. The SMILES string of the molecule is C/C=C\C(=C/C)N(c1ccc(-c2ccc(-c3ccc(N(c4ccccc4)c4ccc5ccccc5c4)cc3)cc2)cc1)c1ccc2ccccc2c1. The number of hydrogen-bond donors (Lipinski definition) is 0. The minimum absolute atomic E-state index is 1.12. The fourth-order valence-corrected chi connectivity index (χ4v) is 7.03. The van der Waals surface area contributed by atoms with Gasteiger partial charge in [0.15, 0.2) is 0 Å². The van der Waals surface area contributed by atoms with E-state index in [-0.39, 0.29) is 0 Å². The predicted octanol–water partition coefficient (Wildman–Crippen LogP) is 14.4. The molecule has 0 amide bonds. The summed E-state index contributed by atoms with van der Waals surface area (Å²) in [6, 6.07) is 67.6. The Hall–Kier alpha value is -6.64. The molecule has 8 aromatic carbocycles. The fraction of sp³-hybridized carbons (Fsp3) is 0.0400. The zero-order valence-corrected chi connectivity index (χ0v) is 29.5. The van der Waals surface area contributed by atoms with Crippen LogP contribution in [0.1, 0.15) is 13.8 Å². The van der Waals surface area contributed by atoms with Crippen LogP contribution < -0.4 is 9.80 Å². The van der Waals surface area contributed by atoms with E-state index in [1.165, 1.54) is 43.8 Å². The van der Waals surface area contributed by atoms with Crippen molar-refractivity contribution in [2.24, 2.45) is 0 Å². The first-order chi connectivity index (χ1) is 25.7. The molecular formula is C50H40N2. The van der Waals surface area contributed by atoms with E-state index >= 15 is 0 Å². The highest BCUT2D eigenvalue weighted by molar-refractivity contribution is 5.90. The molecule has 52 heavy (non-hydrogen) atoms. The Morgan fingerprint density at radius 2 is 0.769 bits per heavy atom. The van der Waals surface area contributed by atoms with Gasteiger partial charge in [-0.15, -0.1) is 0 Å². The maximum atomic E-state index is 2.32. The second-order valence-electron chi connectivity index (χ2n) is 13.0. The van der Waals surface area contributed by atoms with Gasteiger partial charge >= 0.3 is 0 Å². The van der Waals surface area contributed by atoms with E-state index < -0.39 is 0 Å². The van der Waals surface area contributed by atoms with Crippen molar-refractivity contribution < 1.29 is 0 Å². The number of rotatable bonds is 9. The highest BCUT2D eigenvalue weighted by atomic mass is 15.1. The standard InChI is InChI=1S/C50H40N2/c1-3-12-45(4-2)51(49-33-27-37-13-8-10-15-43(37)35-49)47-29-23-41(24-30-47)39-19-21-40(22-20-39)42-25-31-48(32-26-42)52(46-17-6-5-7-18-46)50-34-28-38-14-9-11-16-44(38)36-50/h3-36H,1-2H3/b12-3-,45-4+. The zero-order valence-electron chi connectivity index (χ0n) is 29.5. The van der Waals surface area contributed by atoms with E-state index in [9.17, 15) is 0 Å². The fourth-order valence-electron chi connectivity index (χ4n) is 7.03. The minimum atomic E-state index is 1.12. The molecule has 0 fully saturated rings. The number of para-hydroxylation sites is 1. The van der Waals surface area contributed by atoms with Gasteiger partial charge in [0.25, 0.3) is 0 Å². The Kier molecular flexibility index (Phi) is 9.19. The Morgan fingerprint density at radius 3 is 1.29 bits per heavy atom. The molecule has 0 atom stereocenters. The summed E-state index contributed by atoms with van der Waals surface area (Å²) < 4.78 is 0. The minimum Gasteiger partial charge on any atom is -0.311 e. The van der Waals surface area contributed by atoms with Crippen molar-refractivity contribution in [3.63, 3.8) is 0 Å². The summed E-state index contributed by atoms with van der Waals surface area (Å²) in [6.07, 6.45) is 6.42. The van der Waals surface area contributed by atoms with Gasteiger partial charge in [-0.1, -0.05) is 140 Å². The maximum Gasteiger partial charge on any atom is 0.0468 e. The van der Waals surface area contributed by atoms with E-state index in [4.69, 9.17) is 0 Å². The molecule has 0 saturated heterocycles. The van der Waals surface area contributed by atoms with E-state index in [0.717, 1.165) is 34.1 Å². The third-order valence-electron chi connectivity index (χ3n) is 9.69. The van der Waals surface area contributed by atoms with E-state index in [1.807, 2.05) is 0 Å². The lowest BCUT2D eigenvalue weighted by Gasteiger charge is -2.27. The molecule has 0 saturated carbocycles. The van der Waals surface area contributed by atoms with Crippen LogP contribution in [0.4, 0.5) is 28.4 Å². The number of hydrogen-bond acceptors (Lipinski definition) is 2. The Labute approximate surface area is 306 Å². The summed E-state index contributed by atoms with van der Waals surface area (Å²) in [5.74, 6) is 0. The lowest BCUT2D eigenvalue weighted by Crippen LogP contribution is -2.15. The quantitative estimate of drug-likeness (QED) is 0.141. The summed E-state index contributed by atoms with van der Waals surface area (Å²) in [6.45, 7) is 4.16. The lowest BCUT2D eigenvalue weighted by molar-refractivity contribution is 1.20. The van der Waals surface area contributed by atoms with Gasteiger partial charge in [-0.05, 0) is 124 Å². The van der Waals surface area contributed by atoms with Crippen LogP contribution in [0, 0.1) is 0 Å². The molecule has 0 N–H and O–H groups in total. The first-order valence-corrected chi connectivity index (χ1v) is 17.9. The molecule has 0 unspecified atom stereocenters. The molecule has 0 aliphatic rings. The average Bonchev–Trinajstić information content (AvgIpc) is 3.21. The van der Waals surface area contributed by atoms with Crippen molar-refractivity contribution in [1.29, 1.82) is 0 Å². The van der Waals surface area contributed by atoms with Gasteiger partial charge in [0.05, 0.1) is 0 Å². The van der Waals surface area contributed by atoms with Crippen molar-refractivity contribution in [2.45, 2.75) is 13.8 Å². The summed E-state index contributed by atoms with van der Waals surface area (Å²) in [5, 5.41) is 4.93. The Bertz CT molecular complexity index is 2510. The van der Waals surface area contributed by atoms with Gasteiger partial charge in [0.1, 0.15) is 0 Å². The van der Waals surface area contributed by atoms with Crippen molar-refractivity contribution in [3.8, 4) is 22.3 Å². The normalized spacial score (nSPS) is 11.7. The number of benzene rings is 8. The average molecular weight is 669 g/mol. The van der Waals surface area contributed by atoms with Gasteiger partial charge in [0.2, 0.25) is 0 Å². The van der Waals surface area contributed by atoms with Crippen LogP contribution in [0.25, 0.3) is 43.8 Å². The molecule has 0 aliphatic heterocycles. The largest absolute Gasteiger partial charge is 0.311 e. The van der Waals surface area contributed by atoms with Gasteiger partial charge in [0, 0.05) is 34.1 Å². The molecular weight excluding hydrogens is 629 g/mol. The second kappa shape index (κ2) is 14.7. The van der Waals surface area contributed by atoms with Crippen LogP contribution in [0.5, 0.6) is 0 Å². The predicted molar refractivity (Wildman–Crippen MR) is 224 cm³/mol. The third-order valence-corrected chi connectivity index (χ3v) is 9.69. The van der Waals surface area contributed by atoms with Crippen molar-refractivity contribution in [3.05, 3.63) is 212 Å². The molecule has 250 valence electrons. The molecule has 2 heteroatoms. The second-order valence-corrected chi connectivity index (χ2v) is 13.0. The van der Waals surface area contributed by atoms with Crippen molar-refractivity contribution in [2.75, 3.05) is 9.80 Å². The van der Waals surface area contributed by atoms with Crippen LogP contribution >= 0.6 is 0 Å². The molecule has 8 rings (SSSR count). The van der Waals surface area contributed by atoms with Gasteiger partial charge in [-0.3, -0.25) is 0 Å². The van der Waals surface area contributed by atoms with Crippen LogP contribution in [0.15, 0.2) is 212 Å². The van der Waals surface area contributed by atoms with Gasteiger partial charge in [-0.25, -0.2) is 0 Å². The molecule has 0 aromatic heterocycles. The summed E-state index contributed by atoms with van der Waals surface area (Å²) in [5.41, 5.74) is 11.5. The molecule has 0 heterocycles. The van der Waals surface area contributed by atoms with Gasteiger partial charge in [-0.2, -0.15) is 0 Å². The number of allylic oxidation sites excluding steroid dienone is 3. The van der Waals surface area contributed by atoms with E-state index in [2.05, 4.69) is 230 Å². The molecule has 0 bridgehead atoms. The van der Waals surface area contributed by atoms with E-state index in [0.29, 0.717) is 0 Å². The number of anilines is 5. The monoisotopic (exact) mass is 668 g/mol. The van der Waals surface area contributed by atoms with Crippen LogP contribution in [0.3, 0.4) is 0 Å². The molecule has 0 radical (unpaired) electrons. The van der Waals surface area contributed by atoms with Crippen LogP contribution in [0.2, 0.25) is 0 Å². The molecule has 0 aliphatic carbocycles. The maximum absolute atomic E-state index is 2.32. The first-order valence-electron chi connectivity index (χ1n) is 17.9. The Balaban J connectivity index is 1.05. The Morgan fingerprint density at radius 1 is 0.365 bits per heavy atom. The molecule has 8 aromatic rings. The summed E-state index contributed by atoms with van der Waals surface area (Å²) in [4.78, 5) is 4.64. The highest BCUT2D eigenvalue weighted by Gasteiger charge is 2.15. The topological polar surface area (TPSA) is 6.48 Å². The highest BCUT2D eigenvalue weighted by Crippen LogP contribution is 2.38. The molecule has 2 nitrogen and oxygen atoms in total. The zero-order chi connectivity index (χ0) is 35.3. The first kappa shape index (κ1) is 32.6. The lowest BCUT2D eigenvalue weighted by atomic mass is 9.99. The third kappa shape index (κ3) is 6.63. The summed E-state index contributed by atoms with van der Waals surface area (Å²) >= 11 is 0. The van der Waals surface area contributed by atoms with Crippen molar-refractivity contribution in [1.82, 2.24) is 0 Å². The van der Waals surface area contributed by atoms with E-state index in [1.54, 1.807) is 0 Å². The smallest absolute Gasteiger partial charge is 0.0468 e. The van der Waals surface area contributed by atoms with Gasteiger partial charge < -0.3 is 9.80 Å². The van der Waals surface area contributed by atoms with Crippen LogP contribution in [-0.4, -0.2) is 0 Å². The number of nitrogens with zero attached hydrogens (tertiary/aromatic N) is 2. The van der Waals surface area contributed by atoms with Crippen molar-refractivity contribution >= 4 is 50.0 Å². The van der Waals surface area contributed by atoms with Crippen LogP contribution in [-0.2, 0) is 0 Å². The molecule has 0 spiro atoms.